The second kappa shape index (κ2) is 10.7. The Morgan fingerprint density at radius 1 is 1.39 bits per heavy atom. The number of azide groups is 1. The molecule has 2 aliphatic rings. The third kappa shape index (κ3) is 5.05. The number of carbonyl (C=O) groups excluding carboxylic acids is 2. The Kier molecular flexibility index (Phi) is 7.42. The Morgan fingerprint density at radius 2 is 2.16 bits per heavy atom. The van der Waals surface area contributed by atoms with E-state index < -0.39 is 47.0 Å². The van der Waals surface area contributed by atoms with Gasteiger partial charge >= 0.3 is 5.97 Å². The summed E-state index contributed by atoms with van der Waals surface area (Å²) in [6, 6.07) is -0.208. The average Bonchev–Trinajstić information content (AvgIpc) is 3.31. The van der Waals surface area contributed by atoms with Gasteiger partial charge in [0.15, 0.2) is 23.2 Å². The summed E-state index contributed by atoms with van der Waals surface area (Å²) in [4.78, 5) is 62.1. The molecule has 0 bridgehead atoms. The van der Waals surface area contributed by atoms with E-state index in [9.17, 15) is 34.6 Å². The second-order valence-electron chi connectivity index (χ2n) is 7.65. The van der Waals surface area contributed by atoms with E-state index in [-0.39, 0.29) is 45.8 Å². The fourth-order valence-corrected chi connectivity index (χ4v) is 5.44. The Hall–Kier alpha value is -4.74. The van der Waals surface area contributed by atoms with Crippen LogP contribution >= 0.6 is 23.1 Å². The number of anilines is 1. The van der Waals surface area contributed by atoms with Crippen LogP contribution in [0.5, 0.6) is 5.75 Å². The quantitative estimate of drug-likeness (QED) is 0.0507. The molecule has 0 aromatic carbocycles. The largest absolute Gasteiger partial charge is 0.503 e. The van der Waals surface area contributed by atoms with Crippen LogP contribution < -0.4 is 16.5 Å². The summed E-state index contributed by atoms with van der Waals surface area (Å²) in [5.74, 6) is -3.49. The predicted molar refractivity (Wildman–Crippen MR) is 131 cm³/mol. The van der Waals surface area contributed by atoms with Gasteiger partial charge < -0.3 is 31.3 Å². The number of fused-ring (bicyclic) bond motifs is 1. The number of carboxylic acids is 1. The molecule has 2 aliphatic heterocycles. The van der Waals surface area contributed by atoms with E-state index in [1.54, 1.807) is 0 Å². The fourth-order valence-electron chi connectivity index (χ4n) is 3.56. The van der Waals surface area contributed by atoms with E-state index in [1.807, 2.05) is 0 Å². The zero-order valence-electron chi connectivity index (χ0n) is 18.9. The maximum atomic E-state index is 13.1. The zero-order chi connectivity index (χ0) is 27.6. The maximum absolute atomic E-state index is 13.1. The van der Waals surface area contributed by atoms with Crippen molar-refractivity contribution in [2.75, 3.05) is 18.0 Å². The van der Waals surface area contributed by atoms with Gasteiger partial charge in [0.05, 0.1) is 12.7 Å². The van der Waals surface area contributed by atoms with Gasteiger partial charge in [-0.25, -0.2) is 9.78 Å². The number of aliphatic carboxylic acids is 1. The van der Waals surface area contributed by atoms with Crippen molar-refractivity contribution in [3.05, 3.63) is 61.0 Å². The van der Waals surface area contributed by atoms with Crippen LogP contribution in [0, 0.1) is 0 Å². The van der Waals surface area contributed by atoms with E-state index in [4.69, 9.17) is 16.1 Å². The van der Waals surface area contributed by atoms with Crippen LogP contribution in [0.1, 0.15) is 11.4 Å². The normalized spacial score (nSPS) is 18.8. The molecule has 38 heavy (non-hydrogen) atoms. The smallest absolute Gasteiger partial charge is 0.352 e. The van der Waals surface area contributed by atoms with E-state index in [0.717, 1.165) is 28.5 Å². The van der Waals surface area contributed by atoms with Crippen molar-refractivity contribution in [1.82, 2.24) is 19.9 Å². The van der Waals surface area contributed by atoms with Gasteiger partial charge in [0, 0.05) is 22.1 Å². The third-order valence-corrected chi connectivity index (χ3v) is 7.31. The number of hydrogen-bond acceptors (Lipinski definition) is 13. The molecule has 6 N–H and O–H groups in total. The lowest BCUT2D eigenvalue weighted by Gasteiger charge is -2.49. The minimum absolute atomic E-state index is 0.0137. The van der Waals surface area contributed by atoms with Crippen molar-refractivity contribution in [3.8, 4) is 5.75 Å². The molecule has 0 unspecified atom stereocenters. The molecule has 17 nitrogen and oxygen atoms in total. The molecule has 2 amide bonds. The Labute approximate surface area is 219 Å². The summed E-state index contributed by atoms with van der Waals surface area (Å²) in [7, 11) is 0. The lowest BCUT2D eigenvalue weighted by atomic mass is 10.0. The molecular weight excluding hydrogens is 546 g/mol. The van der Waals surface area contributed by atoms with Crippen LogP contribution in [-0.4, -0.2) is 77.2 Å². The standard InChI is InChI=1S/C19H17N9O8S2/c20-19-23-9(6-38-19)12(25-36-4-8-1-10(29)11(30)3-27(8)35)15(31)24-13-16(32)28-14(18(33)34)7(2-22-26-21)5-37-17(13)28/h1,3,6,13,17,30,35H,2,4-5H2,(H2,20,23)(H,24,31)(H,33,34)/b25-12+/t13-,17-/m1/s1. The molecule has 0 aliphatic carbocycles. The molecule has 1 saturated heterocycles. The molecule has 2 atom stereocenters. The fraction of sp³-hybridized carbons (Fsp3) is 0.263. The molecule has 0 radical (unpaired) electrons. The topological polar surface area (TPSA) is 258 Å². The first-order valence-electron chi connectivity index (χ1n) is 10.4. The van der Waals surface area contributed by atoms with E-state index in [0.29, 0.717) is 4.73 Å². The molecule has 4 rings (SSSR count). The highest BCUT2D eigenvalue weighted by Gasteiger charge is 2.54. The van der Waals surface area contributed by atoms with Crippen LogP contribution in [0.3, 0.4) is 0 Å². The number of nitrogens with one attached hydrogen (secondary N) is 1. The van der Waals surface area contributed by atoms with E-state index >= 15 is 0 Å². The van der Waals surface area contributed by atoms with Gasteiger partial charge in [-0.1, -0.05) is 10.3 Å². The number of carboxylic acid groups (broad SMARTS) is 1. The highest BCUT2D eigenvalue weighted by Crippen LogP contribution is 2.40. The number of nitrogens with two attached hydrogens (primary N) is 1. The van der Waals surface area contributed by atoms with Gasteiger partial charge in [0.2, 0.25) is 5.43 Å². The number of thioether (sulfide) groups is 1. The Balaban J connectivity index is 1.53. The highest BCUT2D eigenvalue weighted by molar-refractivity contribution is 8.00. The zero-order valence-corrected chi connectivity index (χ0v) is 20.5. The molecule has 4 heterocycles. The maximum Gasteiger partial charge on any atom is 0.352 e. The SMILES string of the molecule is [N-]=[N+]=NCC1=C(C(=O)O)N2C(=O)[C@@H](NC(=O)/C(=N/OCc3cc(=O)c(O)cn3O)c3csc(N)n3)[C@H]2SC1. The van der Waals surface area contributed by atoms with Crippen molar-refractivity contribution >= 4 is 51.7 Å². The van der Waals surface area contributed by atoms with Crippen molar-refractivity contribution in [3.63, 3.8) is 0 Å². The second-order valence-corrected chi connectivity index (χ2v) is 9.65. The molecule has 198 valence electrons. The van der Waals surface area contributed by atoms with Gasteiger partial charge in [0.1, 0.15) is 28.5 Å². The van der Waals surface area contributed by atoms with Gasteiger partial charge in [-0.3, -0.25) is 19.3 Å². The van der Waals surface area contributed by atoms with E-state index in [1.165, 1.54) is 17.1 Å². The number of pyridine rings is 1. The van der Waals surface area contributed by atoms with Crippen LogP contribution in [0.15, 0.2) is 44.0 Å². The number of hydrogen-bond donors (Lipinski definition) is 5. The summed E-state index contributed by atoms with van der Waals surface area (Å²) < 4.78 is 0.443. The lowest BCUT2D eigenvalue weighted by molar-refractivity contribution is -0.150. The number of thiazole rings is 1. The van der Waals surface area contributed by atoms with Crippen molar-refractivity contribution < 1.29 is 34.6 Å². The summed E-state index contributed by atoms with van der Waals surface area (Å²) in [5.41, 5.74) is 12.9. The minimum atomic E-state index is -1.37. The molecule has 2 aromatic heterocycles. The first-order chi connectivity index (χ1) is 18.1. The Bertz CT molecular complexity index is 1490. The van der Waals surface area contributed by atoms with E-state index in [2.05, 4.69) is 25.5 Å². The number of aromatic nitrogens is 2. The number of amides is 2. The molecule has 0 saturated carbocycles. The van der Waals surface area contributed by atoms with Crippen LogP contribution in [-0.2, 0) is 25.8 Å². The highest BCUT2D eigenvalue weighted by atomic mass is 32.2. The number of aromatic hydroxyl groups is 1. The van der Waals surface area contributed by atoms with Gasteiger partial charge in [0.25, 0.3) is 11.8 Å². The number of rotatable bonds is 9. The van der Waals surface area contributed by atoms with Crippen LogP contribution in [0.4, 0.5) is 5.13 Å². The third-order valence-electron chi connectivity index (χ3n) is 5.30. The first-order valence-corrected chi connectivity index (χ1v) is 12.3. The minimum Gasteiger partial charge on any atom is -0.503 e. The van der Waals surface area contributed by atoms with Gasteiger partial charge in [-0.2, -0.15) is 4.73 Å². The molecule has 2 aromatic rings. The number of nitrogen functional groups attached to an aromatic ring is 1. The number of nitrogens with zero attached hydrogens (tertiary/aromatic N) is 7. The lowest BCUT2D eigenvalue weighted by Crippen LogP contribution is -2.71. The molecule has 1 fully saturated rings. The van der Waals surface area contributed by atoms with Gasteiger partial charge in [-0.15, -0.1) is 23.1 Å². The number of β-lactam (4-membered cyclic amide) rings is 1. The first kappa shape index (κ1) is 26.3. The monoisotopic (exact) mass is 563 g/mol. The van der Waals surface area contributed by atoms with Gasteiger partial charge in [-0.05, 0) is 11.1 Å². The van der Waals surface area contributed by atoms with Crippen LogP contribution in [0.2, 0.25) is 0 Å². The summed E-state index contributed by atoms with van der Waals surface area (Å²) in [6.45, 7) is -0.710. The average molecular weight is 564 g/mol. The number of oxime groups is 1. The van der Waals surface area contributed by atoms with Crippen molar-refractivity contribution in [1.29, 1.82) is 0 Å². The Morgan fingerprint density at radius 3 is 2.82 bits per heavy atom. The van der Waals surface area contributed by atoms with Crippen molar-refractivity contribution in [2.24, 2.45) is 10.3 Å². The van der Waals surface area contributed by atoms with Crippen molar-refractivity contribution in [2.45, 2.75) is 18.0 Å². The molecular formula is C19H17N9O8S2. The number of carbonyl (C=O) groups is 3. The summed E-state index contributed by atoms with van der Waals surface area (Å²) in [5, 5.41) is 39.2. The summed E-state index contributed by atoms with van der Waals surface area (Å²) >= 11 is 2.18. The predicted octanol–water partition coefficient (Wildman–Crippen LogP) is -0.200. The molecule has 0 spiro atoms. The summed E-state index contributed by atoms with van der Waals surface area (Å²) in [6.07, 6.45) is 0.757. The molecule has 19 heteroatoms. The van der Waals surface area contributed by atoms with Crippen LogP contribution in [0.25, 0.3) is 10.4 Å².